The van der Waals surface area contributed by atoms with Crippen LogP contribution in [0.4, 0.5) is 0 Å². The first-order valence-electron chi connectivity index (χ1n) is 10.4. The van der Waals surface area contributed by atoms with Crippen LogP contribution in [0.5, 0.6) is 11.5 Å². The fourth-order valence-corrected chi connectivity index (χ4v) is 5.11. The van der Waals surface area contributed by atoms with E-state index in [0.717, 1.165) is 5.56 Å². The van der Waals surface area contributed by atoms with Crippen molar-refractivity contribution >= 4 is 15.9 Å². The number of nitrogens with one attached hydrogen (secondary N) is 1. The second kappa shape index (κ2) is 10.2. The molecule has 1 N–H and O–H groups in total. The number of ether oxygens (including phenoxy) is 2. The zero-order valence-electron chi connectivity index (χ0n) is 18.2. The van der Waals surface area contributed by atoms with E-state index < -0.39 is 10.0 Å². The molecule has 1 aliphatic rings. The topological polar surface area (TPSA) is 84.9 Å². The Kier molecular flexibility index (Phi) is 7.56. The summed E-state index contributed by atoms with van der Waals surface area (Å²) in [6.45, 7) is 4.66. The van der Waals surface area contributed by atoms with Gasteiger partial charge in [0, 0.05) is 13.1 Å². The Labute approximate surface area is 184 Å². The van der Waals surface area contributed by atoms with Crippen molar-refractivity contribution in [1.29, 1.82) is 0 Å². The van der Waals surface area contributed by atoms with Gasteiger partial charge in [-0.05, 0) is 51.0 Å². The van der Waals surface area contributed by atoms with Gasteiger partial charge in [0.25, 0.3) is 0 Å². The number of piperidine rings is 1. The number of amides is 1. The first-order valence-corrected chi connectivity index (χ1v) is 11.9. The summed E-state index contributed by atoms with van der Waals surface area (Å²) in [6, 6.07) is 13.9. The summed E-state index contributed by atoms with van der Waals surface area (Å²) in [5.74, 6) is 0.701. The normalized spacial score (nSPS) is 18.2. The Hall–Kier alpha value is -2.58. The Morgan fingerprint density at radius 1 is 1.16 bits per heavy atom. The van der Waals surface area contributed by atoms with Gasteiger partial charge in [-0.3, -0.25) is 4.79 Å². The summed E-state index contributed by atoms with van der Waals surface area (Å²) in [5.41, 5.74) is 0.999. The number of nitrogens with zero attached hydrogens (tertiary/aromatic N) is 1. The molecule has 7 nitrogen and oxygen atoms in total. The third kappa shape index (κ3) is 5.77. The summed E-state index contributed by atoms with van der Waals surface area (Å²) in [5, 5.41) is 2.95. The number of hydrogen-bond donors (Lipinski definition) is 1. The average molecular weight is 447 g/mol. The van der Waals surface area contributed by atoms with Crippen molar-refractivity contribution < 1.29 is 22.7 Å². The summed E-state index contributed by atoms with van der Waals surface area (Å²) >= 11 is 0. The van der Waals surface area contributed by atoms with Gasteiger partial charge in [0.15, 0.2) is 11.5 Å². The van der Waals surface area contributed by atoms with E-state index in [2.05, 4.69) is 5.32 Å². The number of para-hydroxylation sites is 2. The highest BCUT2D eigenvalue weighted by molar-refractivity contribution is 7.89. The van der Waals surface area contributed by atoms with Gasteiger partial charge in [0.05, 0.1) is 24.0 Å². The molecule has 2 atom stereocenters. The number of carbonyl (C=O) groups excluding carboxylic acids is 1. The second-order valence-corrected chi connectivity index (χ2v) is 9.82. The monoisotopic (exact) mass is 446 g/mol. The number of methoxy groups -OCH3 is 1. The van der Waals surface area contributed by atoms with E-state index in [-0.39, 0.29) is 35.9 Å². The van der Waals surface area contributed by atoms with E-state index in [0.29, 0.717) is 30.9 Å². The molecule has 168 valence electrons. The lowest BCUT2D eigenvalue weighted by molar-refractivity contribution is -0.126. The maximum atomic E-state index is 13.0. The highest BCUT2D eigenvalue weighted by atomic mass is 32.2. The lowest BCUT2D eigenvalue weighted by Crippen LogP contribution is -2.48. The van der Waals surface area contributed by atoms with Crippen LogP contribution in [-0.4, -0.2) is 51.5 Å². The number of benzene rings is 2. The van der Waals surface area contributed by atoms with E-state index >= 15 is 0 Å². The molecule has 0 aliphatic carbocycles. The summed E-state index contributed by atoms with van der Waals surface area (Å²) < 4.78 is 38.4. The van der Waals surface area contributed by atoms with Gasteiger partial charge in [-0.1, -0.05) is 29.8 Å². The number of sulfonamides is 1. The molecule has 0 unspecified atom stereocenters. The van der Waals surface area contributed by atoms with Gasteiger partial charge < -0.3 is 14.8 Å². The van der Waals surface area contributed by atoms with Crippen molar-refractivity contribution in [2.24, 2.45) is 5.92 Å². The molecule has 0 bridgehead atoms. The van der Waals surface area contributed by atoms with E-state index in [4.69, 9.17) is 9.47 Å². The number of rotatable bonds is 8. The lowest BCUT2D eigenvalue weighted by atomic mass is 9.98. The molecule has 1 amide bonds. The zero-order valence-corrected chi connectivity index (χ0v) is 19.0. The number of aryl methyl sites for hydroxylation is 1. The SMILES string of the molecule is COc1ccccc1OC[C@H](C)NC(=O)[C@H]1CCCN(S(=O)(=O)c2ccc(C)cc2)C1. The van der Waals surface area contributed by atoms with Crippen molar-refractivity contribution in [2.75, 3.05) is 26.8 Å². The van der Waals surface area contributed by atoms with Gasteiger partial charge in [0.2, 0.25) is 15.9 Å². The van der Waals surface area contributed by atoms with Gasteiger partial charge in [-0.25, -0.2) is 8.42 Å². The predicted molar refractivity (Wildman–Crippen MR) is 119 cm³/mol. The van der Waals surface area contributed by atoms with Crippen LogP contribution < -0.4 is 14.8 Å². The summed E-state index contributed by atoms with van der Waals surface area (Å²) in [7, 11) is -2.04. The lowest BCUT2D eigenvalue weighted by Gasteiger charge is -2.32. The maximum Gasteiger partial charge on any atom is 0.243 e. The molecule has 0 aromatic heterocycles. The maximum absolute atomic E-state index is 13.0. The van der Waals surface area contributed by atoms with Crippen LogP contribution in [0.2, 0.25) is 0 Å². The Morgan fingerprint density at radius 2 is 1.84 bits per heavy atom. The van der Waals surface area contributed by atoms with E-state index in [1.807, 2.05) is 38.1 Å². The minimum atomic E-state index is -3.61. The standard InChI is InChI=1S/C23H30N2O5S/c1-17-10-12-20(13-11-17)31(27,28)25-14-6-7-19(15-25)23(26)24-18(2)16-30-22-9-5-4-8-21(22)29-3/h4-5,8-13,18-19H,6-7,14-16H2,1-3H3,(H,24,26)/t18-,19-/m0/s1. The Bertz CT molecular complexity index is 991. The molecule has 1 aliphatic heterocycles. The van der Waals surface area contributed by atoms with Crippen LogP contribution in [0.1, 0.15) is 25.3 Å². The molecule has 1 heterocycles. The van der Waals surface area contributed by atoms with E-state index in [1.54, 1.807) is 31.4 Å². The fraction of sp³-hybridized carbons (Fsp3) is 0.435. The fourth-order valence-electron chi connectivity index (χ4n) is 3.59. The minimum absolute atomic E-state index is 0.153. The molecule has 2 aromatic rings. The van der Waals surface area contributed by atoms with Crippen molar-refractivity contribution in [1.82, 2.24) is 9.62 Å². The molecule has 8 heteroatoms. The largest absolute Gasteiger partial charge is 0.493 e. The Balaban J connectivity index is 1.57. The third-order valence-electron chi connectivity index (χ3n) is 5.36. The first kappa shape index (κ1) is 23.1. The van der Waals surface area contributed by atoms with Crippen LogP contribution >= 0.6 is 0 Å². The quantitative estimate of drug-likeness (QED) is 0.674. The highest BCUT2D eigenvalue weighted by Gasteiger charge is 2.33. The van der Waals surface area contributed by atoms with Gasteiger partial charge >= 0.3 is 0 Å². The first-order chi connectivity index (χ1) is 14.8. The molecular weight excluding hydrogens is 416 g/mol. The van der Waals surface area contributed by atoms with Crippen molar-refractivity contribution in [3.8, 4) is 11.5 Å². The van der Waals surface area contributed by atoms with Crippen molar-refractivity contribution in [3.05, 3.63) is 54.1 Å². The molecule has 1 fully saturated rings. The van der Waals surface area contributed by atoms with Gasteiger partial charge in [-0.15, -0.1) is 0 Å². The van der Waals surface area contributed by atoms with Crippen LogP contribution in [0.15, 0.2) is 53.4 Å². The zero-order chi connectivity index (χ0) is 22.4. The second-order valence-electron chi connectivity index (χ2n) is 7.89. The molecule has 0 saturated carbocycles. The molecule has 2 aromatic carbocycles. The van der Waals surface area contributed by atoms with E-state index in [9.17, 15) is 13.2 Å². The smallest absolute Gasteiger partial charge is 0.243 e. The van der Waals surface area contributed by atoms with Crippen LogP contribution in [-0.2, 0) is 14.8 Å². The average Bonchev–Trinajstić information content (AvgIpc) is 2.78. The van der Waals surface area contributed by atoms with Crippen molar-refractivity contribution in [3.63, 3.8) is 0 Å². The predicted octanol–water partition coefficient (Wildman–Crippen LogP) is 2.99. The van der Waals surface area contributed by atoms with Crippen molar-refractivity contribution in [2.45, 2.75) is 37.6 Å². The number of carbonyl (C=O) groups is 1. The number of hydrogen-bond acceptors (Lipinski definition) is 5. The minimum Gasteiger partial charge on any atom is -0.493 e. The molecule has 0 spiro atoms. The summed E-state index contributed by atoms with van der Waals surface area (Å²) in [4.78, 5) is 13.0. The molecule has 31 heavy (non-hydrogen) atoms. The Morgan fingerprint density at radius 3 is 2.52 bits per heavy atom. The molecule has 0 radical (unpaired) electrons. The molecule has 3 rings (SSSR count). The molecular formula is C23H30N2O5S. The molecule has 1 saturated heterocycles. The summed E-state index contributed by atoms with van der Waals surface area (Å²) in [6.07, 6.45) is 1.31. The van der Waals surface area contributed by atoms with Crippen LogP contribution in [0.25, 0.3) is 0 Å². The third-order valence-corrected chi connectivity index (χ3v) is 7.24. The van der Waals surface area contributed by atoms with E-state index in [1.165, 1.54) is 4.31 Å². The van der Waals surface area contributed by atoms with Crippen LogP contribution in [0.3, 0.4) is 0 Å². The van der Waals surface area contributed by atoms with Gasteiger partial charge in [0.1, 0.15) is 6.61 Å². The highest BCUT2D eigenvalue weighted by Crippen LogP contribution is 2.26. The van der Waals surface area contributed by atoms with Gasteiger partial charge in [-0.2, -0.15) is 4.31 Å². The van der Waals surface area contributed by atoms with Crippen LogP contribution in [0, 0.1) is 12.8 Å².